The number of pyridine rings is 1. The monoisotopic (exact) mass is 462 g/mol. The van der Waals surface area contributed by atoms with Gasteiger partial charge in [-0.15, -0.1) is 0 Å². The van der Waals surface area contributed by atoms with Gasteiger partial charge in [0.15, 0.2) is 5.69 Å². The highest BCUT2D eigenvalue weighted by molar-refractivity contribution is 6.30. The van der Waals surface area contributed by atoms with Gasteiger partial charge >= 0.3 is 0 Å². The minimum absolute atomic E-state index is 0.0776. The van der Waals surface area contributed by atoms with Crippen LogP contribution in [0.5, 0.6) is 0 Å². The van der Waals surface area contributed by atoms with E-state index in [1.807, 2.05) is 24.3 Å². The first-order valence-electron chi connectivity index (χ1n) is 11.4. The van der Waals surface area contributed by atoms with E-state index in [9.17, 15) is 9.59 Å². The van der Waals surface area contributed by atoms with Crippen LogP contribution in [-0.4, -0.2) is 20.0 Å². The number of rotatable bonds is 4. The zero-order valence-corrected chi connectivity index (χ0v) is 20.1. The van der Waals surface area contributed by atoms with E-state index in [0.717, 1.165) is 36.3 Å². The summed E-state index contributed by atoms with van der Waals surface area (Å²) in [6.07, 6.45) is 7.10. The number of halogens is 1. The molecule has 0 bridgehead atoms. The van der Waals surface area contributed by atoms with Gasteiger partial charge in [-0.3, -0.25) is 14.5 Å². The lowest BCUT2D eigenvalue weighted by atomic mass is 10.0. The van der Waals surface area contributed by atoms with Crippen LogP contribution in [0.4, 0.5) is 5.69 Å². The fraction of sp³-hybridized carbons (Fsp3) is 0.346. The first-order valence-corrected chi connectivity index (χ1v) is 11.7. The number of aromatic nitrogens is 3. The van der Waals surface area contributed by atoms with Crippen LogP contribution in [0.2, 0.25) is 5.02 Å². The Hall–Kier alpha value is -3.12. The predicted molar refractivity (Wildman–Crippen MR) is 131 cm³/mol. The summed E-state index contributed by atoms with van der Waals surface area (Å²) in [7, 11) is 1.71. The van der Waals surface area contributed by atoms with Crippen molar-refractivity contribution in [1.29, 1.82) is 0 Å². The Morgan fingerprint density at radius 1 is 1.15 bits per heavy atom. The van der Waals surface area contributed by atoms with Gasteiger partial charge in [-0.1, -0.05) is 29.8 Å². The van der Waals surface area contributed by atoms with Crippen molar-refractivity contribution in [3.05, 3.63) is 86.3 Å². The number of imidazole rings is 1. The number of hydrogen-bond donors (Lipinski definition) is 0. The maximum atomic E-state index is 13.9. The van der Waals surface area contributed by atoms with E-state index < -0.39 is 0 Å². The number of carbonyl (C=O) groups excluding carboxylic acids is 1. The molecule has 1 aromatic carbocycles. The molecule has 0 spiro atoms. The summed E-state index contributed by atoms with van der Waals surface area (Å²) < 4.78 is 3.75. The zero-order chi connectivity index (χ0) is 23.4. The van der Waals surface area contributed by atoms with Gasteiger partial charge in [0.25, 0.3) is 11.5 Å². The maximum absolute atomic E-state index is 13.9. The Labute approximate surface area is 198 Å². The molecule has 1 unspecified atom stereocenters. The predicted octanol–water partition coefficient (Wildman–Crippen LogP) is 5.44. The average Bonchev–Trinajstić information content (AvgIpc) is 3.48. The van der Waals surface area contributed by atoms with Gasteiger partial charge in [-0.2, -0.15) is 0 Å². The van der Waals surface area contributed by atoms with Crippen LogP contribution in [0, 0.1) is 6.92 Å². The molecular formula is C26H27ClN4O2. The average molecular weight is 463 g/mol. The molecule has 33 heavy (non-hydrogen) atoms. The minimum Gasteiger partial charge on any atom is -0.323 e. The molecule has 5 rings (SSSR count). The molecule has 0 N–H and O–H groups in total. The number of allylic oxidation sites excluding steroid dienone is 2. The van der Waals surface area contributed by atoms with Gasteiger partial charge in [0, 0.05) is 29.9 Å². The van der Waals surface area contributed by atoms with Crippen LogP contribution in [0.1, 0.15) is 78.3 Å². The summed E-state index contributed by atoms with van der Waals surface area (Å²) >= 11 is 6.19. The second-order valence-electron chi connectivity index (χ2n) is 9.18. The smallest absolute Gasteiger partial charge is 0.279 e. The molecule has 0 fully saturated rings. The minimum atomic E-state index is -0.368. The van der Waals surface area contributed by atoms with Crippen molar-refractivity contribution in [2.75, 3.05) is 4.90 Å². The summed E-state index contributed by atoms with van der Waals surface area (Å²) in [5, 5.41) is 0.641. The maximum Gasteiger partial charge on any atom is 0.279 e. The number of nitrogens with zero attached hydrogens (tertiary/aromatic N) is 4. The normalized spacial score (nSPS) is 17.8. The van der Waals surface area contributed by atoms with E-state index in [2.05, 4.69) is 24.5 Å². The SMILES string of the molecule is Cc1cc(N2C(=O)c3nc(C4=CCCC4)n(C(C)C)c3C2c2ccc(Cl)cc2)cn(C)c1=O. The third-order valence-corrected chi connectivity index (χ3v) is 6.80. The molecule has 1 aliphatic heterocycles. The van der Waals surface area contributed by atoms with Crippen molar-refractivity contribution in [3.63, 3.8) is 0 Å². The molecule has 0 radical (unpaired) electrons. The second-order valence-corrected chi connectivity index (χ2v) is 9.62. The molecular weight excluding hydrogens is 436 g/mol. The molecule has 7 heteroatoms. The number of hydrogen-bond acceptors (Lipinski definition) is 3. The summed E-state index contributed by atoms with van der Waals surface area (Å²) in [6.45, 7) is 6.03. The number of aryl methyl sites for hydroxylation is 2. The largest absolute Gasteiger partial charge is 0.323 e. The Morgan fingerprint density at radius 2 is 1.88 bits per heavy atom. The van der Waals surface area contributed by atoms with E-state index in [1.54, 1.807) is 31.1 Å². The molecule has 2 aromatic heterocycles. The van der Waals surface area contributed by atoms with Crippen molar-refractivity contribution in [3.8, 4) is 0 Å². The van der Waals surface area contributed by atoms with Gasteiger partial charge in [0.2, 0.25) is 0 Å². The number of fused-ring (bicyclic) bond motifs is 1. The molecule has 3 aromatic rings. The van der Waals surface area contributed by atoms with Gasteiger partial charge in [-0.05, 0) is 69.4 Å². The van der Waals surface area contributed by atoms with Crippen LogP contribution < -0.4 is 10.5 Å². The van der Waals surface area contributed by atoms with E-state index in [-0.39, 0.29) is 23.6 Å². The highest BCUT2D eigenvalue weighted by Gasteiger charge is 2.45. The van der Waals surface area contributed by atoms with E-state index in [1.165, 1.54) is 10.1 Å². The van der Waals surface area contributed by atoms with Gasteiger partial charge in [0.1, 0.15) is 11.9 Å². The topological polar surface area (TPSA) is 60.1 Å². The Kier molecular flexibility index (Phi) is 5.28. The number of benzene rings is 1. The molecule has 1 aliphatic carbocycles. The first-order chi connectivity index (χ1) is 15.8. The molecule has 6 nitrogen and oxygen atoms in total. The van der Waals surface area contributed by atoms with Crippen LogP contribution in [0.15, 0.2) is 47.4 Å². The fourth-order valence-electron chi connectivity index (χ4n) is 5.05. The summed E-state index contributed by atoms with van der Waals surface area (Å²) in [4.78, 5) is 32.9. The fourth-order valence-corrected chi connectivity index (χ4v) is 5.17. The lowest BCUT2D eigenvalue weighted by Crippen LogP contribution is -2.32. The summed E-state index contributed by atoms with van der Waals surface area (Å²) in [6, 6.07) is 9.16. The highest BCUT2D eigenvalue weighted by Crippen LogP contribution is 2.44. The highest BCUT2D eigenvalue weighted by atomic mass is 35.5. The molecule has 0 saturated carbocycles. The molecule has 2 aliphatic rings. The molecule has 0 saturated heterocycles. The summed E-state index contributed by atoms with van der Waals surface area (Å²) in [5.41, 5.74) is 4.73. The molecule has 3 heterocycles. The number of carbonyl (C=O) groups is 1. The Balaban J connectivity index is 1.77. The van der Waals surface area contributed by atoms with Gasteiger partial charge in [0.05, 0.1) is 11.4 Å². The standard InChI is InChI=1S/C26H27ClN4O2/c1-15(2)30-23-21(28-24(30)18-7-5-6-8-18)26(33)31(20-13-16(3)25(32)29(4)14-20)22(23)17-9-11-19(27)12-10-17/h7,9-15,22H,5-6,8H2,1-4H3. The van der Waals surface area contributed by atoms with Crippen molar-refractivity contribution in [1.82, 2.24) is 14.1 Å². The second kappa shape index (κ2) is 8.03. The van der Waals surface area contributed by atoms with Crippen molar-refractivity contribution < 1.29 is 4.79 Å². The van der Waals surface area contributed by atoms with Crippen LogP contribution >= 0.6 is 11.6 Å². The van der Waals surface area contributed by atoms with E-state index in [4.69, 9.17) is 16.6 Å². The first kappa shape index (κ1) is 21.7. The van der Waals surface area contributed by atoms with Crippen molar-refractivity contribution >= 4 is 28.8 Å². The molecule has 1 atom stereocenters. The zero-order valence-electron chi connectivity index (χ0n) is 19.3. The lowest BCUT2D eigenvalue weighted by Gasteiger charge is -2.29. The Bertz CT molecular complexity index is 1320. The molecule has 1 amide bonds. The van der Waals surface area contributed by atoms with Crippen LogP contribution in [0.3, 0.4) is 0 Å². The van der Waals surface area contributed by atoms with Crippen LogP contribution in [0.25, 0.3) is 5.57 Å². The van der Waals surface area contributed by atoms with Crippen molar-refractivity contribution in [2.24, 2.45) is 7.05 Å². The summed E-state index contributed by atoms with van der Waals surface area (Å²) in [5.74, 6) is 0.748. The quantitative estimate of drug-likeness (QED) is 0.518. The van der Waals surface area contributed by atoms with Crippen LogP contribution in [-0.2, 0) is 7.05 Å². The third-order valence-electron chi connectivity index (χ3n) is 6.54. The third kappa shape index (κ3) is 3.44. The van der Waals surface area contributed by atoms with Gasteiger partial charge in [-0.25, -0.2) is 4.98 Å². The number of amides is 1. The van der Waals surface area contributed by atoms with E-state index >= 15 is 0 Å². The van der Waals surface area contributed by atoms with Crippen molar-refractivity contribution in [2.45, 2.75) is 52.1 Å². The Morgan fingerprint density at radius 3 is 2.48 bits per heavy atom. The molecule has 170 valence electrons. The van der Waals surface area contributed by atoms with E-state index in [0.29, 0.717) is 22.0 Å². The van der Waals surface area contributed by atoms with Gasteiger partial charge < -0.3 is 9.13 Å². The lowest BCUT2D eigenvalue weighted by molar-refractivity contribution is 0.0989. The number of anilines is 1.